The zero-order chi connectivity index (χ0) is 14.1. The Morgan fingerprint density at radius 3 is 2.85 bits per heavy atom. The molecule has 0 bridgehead atoms. The second-order valence-electron chi connectivity index (χ2n) is 4.58. The van der Waals surface area contributed by atoms with Crippen LogP contribution in [0.3, 0.4) is 0 Å². The number of benzene rings is 1. The maximum absolute atomic E-state index is 12.1. The van der Waals surface area contributed by atoms with Gasteiger partial charge >= 0.3 is 0 Å². The van der Waals surface area contributed by atoms with E-state index in [9.17, 15) is 14.9 Å². The molecule has 0 unspecified atom stereocenters. The van der Waals surface area contributed by atoms with Gasteiger partial charge in [0.25, 0.3) is 11.6 Å². The first kappa shape index (κ1) is 12.7. The molecule has 7 heteroatoms. The van der Waals surface area contributed by atoms with Crippen LogP contribution in [0.25, 0.3) is 0 Å². The van der Waals surface area contributed by atoms with Crippen LogP contribution in [0, 0.1) is 10.1 Å². The molecule has 6 nitrogen and oxygen atoms in total. The third kappa shape index (κ3) is 2.53. The lowest BCUT2D eigenvalue weighted by molar-refractivity contribution is -0.385. The lowest BCUT2D eigenvalue weighted by atomic mass is 10.1. The van der Waals surface area contributed by atoms with Crippen LogP contribution in [0.2, 0.25) is 0 Å². The summed E-state index contributed by atoms with van der Waals surface area (Å²) in [5.41, 5.74) is 0.831. The van der Waals surface area contributed by atoms with E-state index in [1.165, 1.54) is 29.5 Å². The minimum absolute atomic E-state index is 0.0423. The molecule has 1 aliphatic rings. The number of hydrogen-bond acceptors (Lipinski definition) is 5. The van der Waals surface area contributed by atoms with Crippen molar-refractivity contribution in [2.45, 2.75) is 18.8 Å². The van der Waals surface area contributed by atoms with Gasteiger partial charge in [-0.25, -0.2) is 4.98 Å². The van der Waals surface area contributed by atoms with Crippen LogP contribution in [0.1, 0.15) is 34.8 Å². The van der Waals surface area contributed by atoms with Gasteiger partial charge < -0.3 is 0 Å². The van der Waals surface area contributed by atoms with Crippen LogP contribution < -0.4 is 5.32 Å². The molecule has 3 rings (SSSR count). The molecule has 1 heterocycles. The van der Waals surface area contributed by atoms with E-state index in [2.05, 4.69) is 10.3 Å². The van der Waals surface area contributed by atoms with Crippen molar-refractivity contribution in [3.63, 3.8) is 0 Å². The molecule has 1 aromatic carbocycles. The molecule has 1 amide bonds. The van der Waals surface area contributed by atoms with Gasteiger partial charge in [-0.15, -0.1) is 11.3 Å². The van der Waals surface area contributed by atoms with Crippen LogP contribution in [0.4, 0.5) is 10.8 Å². The third-order valence-corrected chi connectivity index (χ3v) is 3.86. The fourth-order valence-electron chi connectivity index (χ4n) is 1.90. The van der Waals surface area contributed by atoms with E-state index in [4.69, 9.17) is 0 Å². The predicted octanol–water partition coefficient (Wildman–Crippen LogP) is 3.18. The largest absolute Gasteiger partial charge is 0.298 e. The number of nitrogens with one attached hydrogen (secondary N) is 1. The summed E-state index contributed by atoms with van der Waals surface area (Å²) in [6.07, 6.45) is 2.28. The number of carbonyl (C=O) groups is 1. The van der Waals surface area contributed by atoms with Gasteiger partial charge in [-0.2, -0.15) is 0 Å². The molecule has 0 radical (unpaired) electrons. The summed E-state index contributed by atoms with van der Waals surface area (Å²) in [4.78, 5) is 26.7. The molecule has 102 valence electrons. The van der Waals surface area contributed by atoms with Gasteiger partial charge in [0.05, 0.1) is 10.6 Å². The minimum atomic E-state index is -0.563. The quantitative estimate of drug-likeness (QED) is 0.692. The van der Waals surface area contributed by atoms with Crippen LogP contribution in [0.15, 0.2) is 29.6 Å². The minimum Gasteiger partial charge on any atom is -0.298 e. The number of nitrogens with zero attached hydrogens (tertiary/aromatic N) is 2. The number of para-hydroxylation sites is 1. The molecular weight excluding hydrogens is 278 g/mol. The predicted molar refractivity (Wildman–Crippen MR) is 75.1 cm³/mol. The molecule has 1 N–H and O–H groups in total. The van der Waals surface area contributed by atoms with E-state index < -0.39 is 10.8 Å². The van der Waals surface area contributed by atoms with E-state index in [-0.39, 0.29) is 11.3 Å². The topological polar surface area (TPSA) is 85.1 Å². The van der Waals surface area contributed by atoms with Crippen molar-refractivity contribution in [1.82, 2.24) is 4.98 Å². The van der Waals surface area contributed by atoms with Crippen molar-refractivity contribution in [3.8, 4) is 0 Å². The zero-order valence-electron chi connectivity index (χ0n) is 10.4. The summed E-state index contributed by atoms with van der Waals surface area (Å²) in [6.45, 7) is 0. The number of hydrogen-bond donors (Lipinski definition) is 1. The molecule has 20 heavy (non-hydrogen) atoms. The highest BCUT2D eigenvalue weighted by atomic mass is 32.1. The van der Waals surface area contributed by atoms with E-state index in [1.807, 2.05) is 5.38 Å². The SMILES string of the molecule is O=C(Nc1nc(C2CC2)cs1)c1ccccc1[N+](=O)[O-]. The molecule has 1 saturated carbocycles. The van der Waals surface area contributed by atoms with Crippen LogP contribution >= 0.6 is 11.3 Å². The highest BCUT2D eigenvalue weighted by Gasteiger charge is 2.26. The first-order chi connectivity index (χ1) is 9.65. The standard InChI is InChI=1S/C13H11N3O3S/c17-12(9-3-1-2-4-11(9)16(18)19)15-13-14-10(7-20-13)8-5-6-8/h1-4,7-8H,5-6H2,(H,14,15,17). The summed E-state index contributed by atoms with van der Waals surface area (Å²) in [5, 5.41) is 15.9. The summed E-state index contributed by atoms with van der Waals surface area (Å²) in [6, 6.07) is 5.87. The van der Waals surface area contributed by atoms with Crippen LogP contribution in [-0.2, 0) is 0 Å². The highest BCUT2D eigenvalue weighted by molar-refractivity contribution is 7.14. The molecule has 1 aromatic heterocycles. The number of carbonyl (C=O) groups excluding carboxylic acids is 1. The summed E-state index contributed by atoms with van der Waals surface area (Å²) in [7, 11) is 0. The Hall–Kier alpha value is -2.28. The third-order valence-electron chi connectivity index (χ3n) is 3.08. The Morgan fingerprint density at radius 2 is 2.15 bits per heavy atom. The maximum Gasteiger partial charge on any atom is 0.282 e. The van der Waals surface area contributed by atoms with Crippen molar-refractivity contribution in [2.24, 2.45) is 0 Å². The fourth-order valence-corrected chi connectivity index (χ4v) is 2.69. The van der Waals surface area contributed by atoms with E-state index >= 15 is 0 Å². The van der Waals surface area contributed by atoms with Crippen molar-refractivity contribution in [3.05, 3.63) is 51.0 Å². The Morgan fingerprint density at radius 1 is 1.40 bits per heavy atom. The van der Waals surface area contributed by atoms with Gasteiger partial charge in [0, 0.05) is 17.4 Å². The van der Waals surface area contributed by atoms with Gasteiger partial charge in [0.1, 0.15) is 5.56 Å². The molecule has 1 aliphatic carbocycles. The fraction of sp³-hybridized carbons (Fsp3) is 0.231. The Labute approximate surface area is 118 Å². The maximum atomic E-state index is 12.1. The van der Waals surface area contributed by atoms with Crippen LogP contribution in [0.5, 0.6) is 0 Å². The van der Waals surface area contributed by atoms with Gasteiger partial charge in [-0.3, -0.25) is 20.2 Å². The Kier molecular flexibility index (Phi) is 3.19. The normalized spacial score (nSPS) is 14.0. The molecular formula is C13H11N3O3S. The molecule has 0 atom stereocenters. The second-order valence-corrected chi connectivity index (χ2v) is 5.44. The second kappa shape index (κ2) is 5.01. The van der Waals surface area contributed by atoms with E-state index in [0.29, 0.717) is 11.0 Å². The molecule has 0 aliphatic heterocycles. The van der Waals surface area contributed by atoms with Gasteiger partial charge in [0.15, 0.2) is 5.13 Å². The zero-order valence-corrected chi connectivity index (χ0v) is 11.2. The summed E-state index contributed by atoms with van der Waals surface area (Å²) >= 11 is 1.34. The highest BCUT2D eigenvalue weighted by Crippen LogP contribution is 2.40. The first-order valence-corrected chi connectivity index (χ1v) is 7.03. The van der Waals surface area contributed by atoms with E-state index in [1.54, 1.807) is 6.07 Å². The number of amides is 1. The molecule has 0 saturated heterocycles. The summed E-state index contributed by atoms with van der Waals surface area (Å²) < 4.78 is 0. The van der Waals surface area contributed by atoms with Crippen molar-refractivity contribution in [2.75, 3.05) is 5.32 Å². The number of rotatable bonds is 4. The smallest absolute Gasteiger partial charge is 0.282 e. The average molecular weight is 289 g/mol. The Balaban J connectivity index is 1.80. The van der Waals surface area contributed by atoms with Gasteiger partial charge in [0.2, 0.25) is 0 Å². The average Bonchev–Trinajstić information content (AvgIpc) is 3.19. The summed E-state index contributed by atoms with van der Waals surface area (Å²) in [5.74, 6) is 0.0111. The number of anilines is 1. The Bertz CT molecular complexity index is 679. The molecule has 0 spiro atoms. The monoisotopic (exact) mass is 289 g/mol. The number of nitro benzene ring substituents is 1. The van der Waals surface area contributed by atoms with Gasteiger partial charge in [-0.05, 0) is 18.9 Å². The number of thiazole rings is 1. The van der Waals surface area contributed by atoms with Crippen LogP contribution in [-0.4, -0.2) is 15.8 Å². The lowest BCUT2D eigenvalue weighted by Gasteiger charge is -2.02. The van der Waals surface area contributed by atoms with E-state index in [0.717, 1.165) is 18.5 Å². The molecule has 1 fully saturated rings. The lowest BCUT2D eigenvalue weighted by Crippen LogP contribution is -2.13. The number of nitro groups is 1. The van der Waals surface area contributed by atoms with Gasteiger partial charge in [-0.1, -0.05) is 12.1 Å². The first-order valence-electron chi connectivity index (χ1n) is 6.15. The molecule has 2 aromatic rings. The van der Waals surface area contributed by atoms with Crippen molar-refractivity contribution in [1.29, 1.82) is 0 Å². The van der Waals surface area contributed by atoms with Crippen molar-refractivity contribution >= 4 is 28.1 Å². The number of aromatic nitrogens is 1. The van der Waals surface area contributed by atoms with Crippen molar-refractivity contribution < 1.29 is 9.72 Å².